The van der Waals surface area contributed by atoms with E-state index in [1.807, 2.05) is 30.3 Å². The van der Waals surface area contributed by atoms with Gasteiger partial charge in [0.15, 0.2) is 5.78 Å². The molecule has 0 N–H and O–H groups in total. The lowest BCUT2D eigenvalue weighted by atomic mass is 10.1. The zero-order valence-electron chi connectivity index (χ0n) is 11.3. The molecule has 0 atom stereocenters. The number of rotatable bonds is 3. The number of hydrogen-bond donors (Lipinski definition) is 0. The van der Waals surface area contributed by atoms with Crippen LogP contribution in [0.5, 0.6) is 11.6 Å². The Bertz CT molecular complexity index is 813. The number of ketones is 1. The Kier molecular flexibility index (Phi) is 3.71. The van der Waals surface area contributed by atoms with Gasteiger partial charge in [-0.2, -0.15) is 0 Å². The van der Waals surface area contributed by atoms with E-state index in [2.05, 4.69) is 27.0 Å². The summed E-state index contributed by atoms with van der Waals surface area (Å²) in [6.45, 7) is 1.51. The fourth-order valence-corrected chi connectivity index (χ4v) is 2.41. The second-order valence-corrected chi connectivity index (χ2v) is 5.61. The standard InChI is InChI=1S/C17H12BrNO2/c1-11(20)14-4-7-17(19-10-14)21-16-6-3-12-8-15(18)5-2-13(12)9-16/h2-10H,1H3. The number of carbonyl (C=O) groups excluding carboxylic acids is 1. The Morgan fingerprint density at radius 2 is 1.81 bits per heavy atom. The number of benzene rings is 2. The number of halogens is 1. The van der Waals surface area contributed by atoms with Gasteiger partial charge in [0.25, 0.3) is 0 Å². The van der Waals surface area contributed by atoms with Gasteiger partial charge in [-0.05, 0) is 48.0 Å². The molecule has 0 unspecified atom stereocenters. The smallest absolute Gasteiger partial charge is 0.219 e. The Balaban J connectivity index is 1.87. The van der Waals surface area contributed by atoms with Crippen molar-refractivity contribution in [3.05, 3.63) is 64.8 Å². The molecule has 4 heteroatoms. The van der Waals surface area contributed by atoms with Gasteiger partial charge in [0.05, 0.1) is 0 Å². The van der Waals surface area contributed by atoms with Crippen LogP contribution in [-0.4, -0.2) is 10.8 Å². The summed E-state index contributed by atoms with van der Waals surface area (Å²) in [5.41, 5.74) is 0.575. The van der Waals surface area contributed by atoms with E-state index in [-0.39, 0.29) is 5.78 Å². The number of aromatic nitrogens is 1. The molecule has 0 fully saturated rings. The van der Waals surface area contributed by atoms with Crippen LogP contribution in [0.3, 0.4) is 0 Å². The minimum atomic E-state index is -0.00895. The molecule has 3 aromatic rings. The van der Waals surface area contributed by atoms with Crippen LogP contribution in [0.25, 0.3) is 10.8 Å². The fourth-order valence-electron chi connectivity index (χ4n) is 2.03. The molecule has 3 nitrogen and oxygen atoms in total. The Morgan fingerprint density at radius 1 is 1.05 bits per heavy atom. The highest BCUT2D eigenvalue weighted by molar-refractivity contribution is 9.10. The lowest BCUT2D eigenvalue weighted by molar-refractivity contribution is 0.101. The van der Waals surface area contributed by atoms with E-state index in [0.717, 1.165) is 15.2 Å². The highest BCUT2D eigenvalue weighted by Gasteiger charge is 2.03. The monoisotopic (exact) mass is 341 g/mol. The molecular weight excluding hydrogens is 330 g/mol. The van der Waals surface area contributed by atoms with Gasteiger partial charge in [0.2, 0.25) is 5.88 Å². The molecule has 2 aromatic carbocycles. The van der Waals surface area contributed by atoms with Crippen LogP contribution in [0, 0.1) is 0 Å². The molecule has 0 saturated heterocycles. The molecule has 21 heavy (non-hydrogen) atoms. The summed E-state index contributed by atoms with van der Waals surface area (Å²) < 4.78 is 6.76. The van der Waals surface area contributed by atoms with Crippen LogP contribution in [0.4, 0.5) is 0 Å². The number of ether oxygens (including phenoxy) is 1. The molecule has 0 radical (unpaired) electrons. The van der Waals surface area contributed by atoms with E-state index in [1.54, 1.807) is 12.1 Å². The van der Waals surface area contributed by atoms with Crippen LogP contribution in [0.2, 0.25) is 0 Å². The normalized spacial score (nSPS) is 10.6. The number of carbonyl (C=O) groups is 1. The Morgan fingerprint density at radius 3 is 2.52 bits per heavy atom. The molecule has 0 saturated carbocycles. The van der Waals surface area contributed by atoms with Crippen molar-refractivity contribution in [1.29, 1.82) is 0 Å². The first-order valence-corrected chi connectivity index (χ1v) is 7.25. The maximum Gasteiger partial charge on any atom is 0.219 e. The summed E-state index contributed by atoms with van der Waals surface area (Å²) in [6, 6.07) is 15.3. The average molecular weight is 342 g/mol. The lowest BCUT2D eigenvalue weighted by Crippen LogP contribution is -1.94. The number of hydrogen-bond acceptors (Lipinski definition) is 3. The summed E-state index contributed by atoms with van der Waals surface area (Å²) in [5, 5.41) is 2.23. The summed E-state index contributed by atoms with van der Waals surface area (Å²) in [4.78, 5) is 15.3. The van der Waals surface area contributed by atoms with Crippen molar-refractivity contribution in [2.24, 2.45) is 0 Å². The summed E-state index contributed by atoms with van der Waals surface area (Å²) >= 11 is 3.45. The first kappa shape index (κ1) is 13.8. The molecule has 0 amide bonds. The molecular formula is C17H12BrNO2. The van der Waals surface area contributed by atoms with E-state index in [0.29, 0.717) is 17.2 Å². The predicted octanol–water partition coefficient (Wildman–Crippen LogP) is 4.99. The van der Waals surface area contributed by atoms with Gasteiger partial charge in [-0.1, -0.05) is 28.1 Å². The molecule has 1 heterocycles. The summed E-state index contributed by atoms with van der Waals surface area (Å²) in [5.74, 6) is 1.18. The topological polar surface area (TPSA) is 39.2 Å². The Labute approximate surface area is 130 Å². The van der Waals surface area contributed by atoms with Crippen LogP contribution in [0.1, 0.15) is 17.3 Å². The predicted molar refractivity (Wildman–Crippen MR) is 86.0 cm³/mol. The highest BCUT2D eigenvalue weighted by Crippen LogP contribution is 2.26. The molecule has 0 aliphatic carbocycles. The highest BCUT2D eigenvalue weighted by atomic mass is 79.9. The first-order valence-electron chi connectivity index (χ1n) is 6.46. The quantitative estimate of drug-likeness (QED) is 0.630. The van der Waals surface area contributed by atoms with Crippen LogP contribution >= 0.6 is 15.9 Å². The van der Waals surface area contributed by atoms with E-state index in [9.17, 15) is 4.79 Å². The van der Waals surface area contributed by atoms with Crippen LogP contribution in [-0.2, 0) is 0 Å². The number of nitrogens with zero attached hydrogens (tertiary/aromatic N) is 1. The van der Waals surface area contributed by atoms with Gasteiger partial charge in [0, 0.05) is 22.3 Å². The van der Waals surface area contributed by atoms with E-state index in [1.165, 1.54) is 13.1 Å². The van der Waals surface area contributed by atoms with Crippen molar-refractivity contribution in [2.45, 2.75) is 6.92 Å². The SMILES string of the molecule is CC(=O)c1ccc(Oc2ccc3cc(Br)ccc3c2)nc1. The van der Waals surface area contributed by atoms with Crippen molar-refractivity contribution in [3.63, 3.8) is 0 Å². The molecule has 1 aromatic heterocycles. The van der Waals surface area contributed by atoms with E-state index < -0.39 is 0 Å². The van der Waals surface area contributed by atoms with Gasteiger partial charge >= 0.3 is 0 Å². The Hall–Kier alpha value is -2.20. The van der Waals surface area contributed by atoms with Gasteiger partial charge in [-0.25, -0.2) is 4.98 Å². The third-order valence-corrected chi connectivity index (χ3v) is 3.63. The minimum absolute atomic E-state index is 0.00895. The third kappa shape index (κ3) is 3.11. The largest absolute Gasteiger partial charge is 0.439 e. The second-order valence-electron chi connectivity index (χ2n) is 4.70. The second kappa shape index (κ2) is 5.66. The molecule has 0 spiro atoms. The lowest BCUT2D eigenvalue weighted by Gasteiger charge is -2.06. The molecule has 0 aliphatic rings. The maximum absolute atomic E-state index is 11.2. The number of pyridine rings is 1. The van der Waals surface area contributed by atoms with Crippen molar-refractivity contribution < 1.29 is 9.53 Å². The zero-order valence-corrected chi connectivity index (χ0v) is 12.9. The zero-order chi connectivity index (χ0) is 14.8. The molecule has 0 aliphatic heterocycles. The van der Waals surface area contributed by atoms with Crippen LogP contribution in [0.15, 0.2) is 59.2 Å². The van der Waals surface area contributed by atoms with Crippen molar-refractivity contribution in [3.8, 4) is 11.6 Å². The van der Waals surface area contributed by atoms with E-state index in [4.69, 9.17) is 4.74 Å². The third-order valence-electron chi connectivity index (χ3n) is 3.14. The average Bonchev–Trinajstić information content (AvgIpc) is 2.48. The van der Waals surface area contributed by atoms with Gasteiger partial charge in [-0.15, -0.1) is 0 Å². The molecule has 0 bridgehead atoms. The fraction of sp³-hybridized carbons (Fsp3) is 0.0588. The van der Waals surface area contributed by atoms with Gasteiger partial charge < -0.3 is 4.74 Å². The number of Topliss-reactive ketones (excluding diaryl/α,β-unsaturated/α-hetero) is 1. The van der Waals surface area contributed by atoms with Crippen LogP contribution < -0.4 is 4.74 Å². The first-order chi connectivity index (χ1) is 10.1. The van der Waals surface area contributed by atoms with Crippen molar-refractivity contribution >= 4 is 32.5 Å². The minimum Gasteiger partial charge on any atom is -0.439 e. The maximum atomic E-state index is 11.2. The molecule has 3 rings (SSSR count). The van der Waals surface area contributed by atoms with Crippen molar-refractivity contribution in [2.75, 3.05) is 0 Å². The molecule has 104 valence electrons. The summed E-state index contributed by atoms with van der Waals surface area (Å²) in [6.07, 6.45) is 1.52. The van der Waals surface area contributed by atoms with Crippen molar-refractivity contribution in [1.82, 2.24) is 4.98 Å². The summed E-state index contributed by atoms with van der Waals surface area (Å²) in [7, 11) is 0. The van der Waals surface area contributed by atoms with Gasteiger partial charge in [-0.3, -0.25) is 4.79 Å². The van der Waals surface area contributed by atoms with E-state index >= 15 is 0 Å². The van der Waals surface area contributed by atoms with Gasteiger partial charge in [0.1, 0.15) is 5.75 Å². The number of fused-ring (bicyclic) bond motifs is 1.